The lowest BCUT2D eigenvalue weighted by Crippen LogP contribution is -2.47. The van der Waals surface area contributed by atoms with E-state index in [2.05, 4.69) is 10.2 Å². The minimum absolute atomic E-state index is 0.0925. The molecule has 2 fully saturated rings. The summed E-state index contributed by atoms with van der Waals surface area (Å²) in [6.07, 6.45) is 2.61. The number of sulfonamides is 1. The second-order valence-corrected chi connectivity index (χ2v) is 8.57. The van der Waals surface area contributed by atoms with Gasteiger partial charge in [-0.05, 0) is 31.0 Å². The summed E-state index contributed by atoms with van der Waals surface area (Å²) in [5.41, 5.74) is 0.617. The van der Waals surface area contributed by atoms with Crippen molar-refractivity contribution in [1.29, 1.82) is 0 Å². The molecular weight excluding hydrogens is 372 g/mol. The molecule has 0 atom stereocenters. The summed E-state index contributed by atoms with van der Waals surface area (Å²) in [4.78, 5) is 14.4. The zero-order valence-corrected chi connectivity index (χ0v) is 15.7. The number of aromatic amines is 1. The third-order valence-corrected chi connectivity index (χ3v) is 6.84. The molecule has 4 heterocycles. The van der Waals surface area contributed by atoms with E-state index in [1.807, 2.05) is 4.90 Å². The van der Waals surface area contributed by atoms with Gasteiger partial charge in [0.1, 0.15) is 5.69 Å². The lowest BCUT2D eigenvalue weighted by atomic mass is 9.96. The predicted octanol–water partition coefficient (Wildman–Crippen LogP) is 0.929. The van der Waals surface area contributed by atoms with Crippen LogP contribution in [0.2, 0.25) is 0 Å². The topological polar surface area (TPSA) is 109 Å². The van der Waals surface area contributed by atoms with E-state index < -0.39 is 10.0 Å². The molecule has 0 aromatic carbocycles. The van der Waals surface area contributed by atoms with Gasteiger partial charge in [-0.2, -0.15) is 9.40 Å². The number of nitrogens with zero attached hydrogens (tertiary/aromatic N) is 3. The molecular formula is C17H22N4O5S. The quantitative estimate of drug-likeness (QED) is 0.826. The Bertz CT molecular complexity index is 878. The Morgan fingerprint density at radius 3 is 2.52 bits per heavy atom. The molecule has 10 heteroatoms. The van der Waals surface area contributed by atoms with Crippen molar-refractivity contribution >= 4 is 15.9 Å². The number of H-pyrrole nitrogens is 1. The molecule has 0 saturated carbocycles. The Balaban J connectivity index is 1.40. The van der Waals surface area contributed by atoms with Crippen LogP contribution < -0.4 is 0 Å². The van der Waals surface area contributed by atoms with E-state index in [-0.39, 0.29) is 16.9 Å². The van der Waals surface area contributed by atoms with E-state index >= 15 is 0 Å². The van der Waals surface area contributed by atoms with Crippen molar-refractivity contribution in [3.8, 4) is 11.5 Å². The van der Waals surface area contributed by atoms with Crippen molar-refractivity contribution in [2.24, 2.45) is 5.92 Å². The molecule has 1 N–H and O–H groups in total. The number of piperidine rings is 1. The first-order valence-corrected chi connectivity index (χ1v) is 10.5. The van der Waals surface area contributed by atoms with Crippen molar-refractivity contribution < 1.29 is 22.4 Å². The number of rotatable bonds is 4. The predicted molar refractivity (Wildman–Crippen MR) is 95.2 cm³/mol. The van der Waals surface area contributed by atoms with Crippen molar-refractivity contribution in [2.75, 3.05) is 39.4 Å². The third kappa shape index (κ3) is 3.64. The number of ether oxygens (including phenoxy) is 1. The Hall–Kier alpha value is -2.17. The third-order valence-electron chi connectivity index (χ3n) is 5.07. The number of furan rings is 1. The summed E-state index contributed by atoms with van der Waals surface area (Å²) in [5, 5.41) is 6.49. The average molecular weight is 394 g/mol. The van der Waals surface area contributed by atoms with Crippen LogP contribution in [0.1, 0.15) is 12.8 Å². The van der Waals surface area contributed by atoms with Crippen LogP contribution >= 0.6 is 0 Å². The van der Waals surface area contributed by atoms with Crippen molar-refractivity contribution in [1.82, 2.24) is 19.4 Å². The van der Waals surface area contributed by atoms with Gasteiger partial charge in [0, 0.05) is 38.3 Å². The molecule has 1 amide bonds. The van der Waals surface area contributed by atoms with Crippen LogP contribution in [0.25, 0.3) is 11.5 Å². The van der Waals surface area contributed by atoms with Gasteiger partial charge in [0.25, 0.3) is 10.0 Å². The number of nitrogens with one attached hydrogen (secondary N) is 1. The summed E-state index contributed by atoms with van der Waals surface area (Å²) in [6.45, 7) is 2.97. The normalized spacial score (nSPS) is 20.1. The number of hydrogen-bond donors (Lipinski definition) is 1. The molecule has 2 aromatic heterocycles. The Morgan fingerprint density at radius 1 is 1.11 bits per heavy atom. The van der Waals surface area contributed by atoms with E-state index in [0.717, 1.165) is 0 Å². The average Bonchev–Trinajstić information content (AvgIpc) is 3.40. The van der Waals surface area contributed by atoms with E-state index in [0.29, 0.717) is 63.7 Å². The summed E-state index contributed by atoms with van der Waals surface area (Å²) < 4.78 is 37.9. The monoisotopic (exact) mass is 394 g/mol. The Labute approximate surface area is 157 Å². The maximum atomic E-state index is 12.8. The van der Waals surface area contributed by atoms with Crippen molar-refractivity contribution in [3.05, 3.63) is 24.4 Å². The highest BCUT2D eigenvalue weighted by Gasteiger charge is 2.35. The van der Waals surface area contributed by atoms with Gasteiger partial charge in [0.2, 0.25) is 11.0 Å². The summed E-state index contributed by atoms with van der Waals surface area (Å²) >= 11 is 0. The first-order valence-electron chi connectivity index (χ1n) is 9.02. The summed E-state index contributed by atoms with van der Waals surface area (Å²) in [6, 6.07) is 4.77. The molecule has 0 unspecified atom stereocenters. The zero-order valence-electron chi connectivity index (χ0n) is 14.8. The molecule has 2 aromatic rings. The molecule has 9 nitrogen and oxygen atoms in total. The highest BCUT2D eigenvalue weighted by molar-refractivity contribution is 7.89. The number of carbonyl (C=O) groups is 1. The van der Waals surface area contributed by atoms with Crippen molar-refractivity contribution in [3.63, 3.8) is 0 Å². The number of aromatic nitrogens is 2. The molecule has 0 bridgehead atoms. The van der Waals surface area contributed by atoms with Crippen molar-refractivity contribution in [2.45, 2.75) is 17.9 Å². The number of hydrogen-bond acceptors (Lipinski definition) is 6. The maximum Gasteiger partial charge on any atom is 0.276 e. The lowest BCUT2D eigenvalue weighted by molar-refractivity contribution is -0.140. The fourth-order valence-corrected chi connectivity index (χ4v) is 4.89. The van der Waals surface area contributed by atoms with Crippen LogP contribution in [-0.2, 0) is 19.6 Å². The van der Waals surface area contributed by atoms with Gasteiger partial charge in [0.15, 0.2) is 5.76 Å². The van der Waals surface area contributed by atoms with Gasteiger partial charge in [-0.3, -0.25) is 9.89 Å². The Kier molecular flexibility index (Phi) is 5.02. The minimum atomic E-state index is -3.72. The first-order chi connectivity index (χ1) is 13.1. The second-order valence-electron chi connectivity index (χ2n) is 6.71. The highest BCUT2D eigenvalue weighted by atomic mass is 32.2. The smallest absolute Gasteiger partial charge is 0.276 e. The van der Waals surface area contributed by atoms with Gasteiger partial charge < -0.3 is 14.1 Å². The summed E-state index contributed by atoms with van der Waals surface area (Å²) in [5.74, 6) is 0.394. The molecule has 0 radical (unpaired) electrons. The fraction of sp³-hybridized carbons (Fsp3) is 0.529. The van der Waals surface area contributed by atoms with Gasteiger partial charge in [-0.15, -0.1) is 0 Å². The van der Waals surface area contributed by atoms with Crippen LogP contribution in [0.5, 0.6) is 0 Å². The van der Waals surface area contributed by atoms with Crippen LogP contribution in [0.15, 0.2) is 33.9 Å². The maximum absolute atomic E-state index is 12.8. The van der Waals surface area contributed by atoms with Gasteiger partial charge >= 0.3 is 0 Å². The van der Waals surface area contributed by atoms with E-state index in [4.69, 9.17) is 9.15 Å². The minimum Gasteiger partial charge on any atom is -0.442 e. The van der Waals surface area contributed by atoms with Gasteiger partial charge in [0.05, 0.1) is 13.2 Å². The van der Waals surface area contributed by atoms with Gasteiger partial charge in [-0.25, -0.2) is 8.42 Å². The van der Waals surface area contributed by atoms with Crippen LogP contribution in [0.4, 0.5) is 0 Å². The summed E-state index contributed by atoms with van der Waals surface area (Å²) in [7, 11) is -3.72. The largest absolute Gasteiger partial charge is 0.442 e. The number of carbonyl (C=O) groups excluding carboxylic acids is 1. The number of amides is 1. The van der Waals surface area contributed by atoms with Crippen LogP contribution in [0.3, 0.4) is 0 Å². The number of morpholine rings is 1. The molecule has 2 aliphatic heterocycles. The van der Waals surface area contributed by atoms with Gasteiger partial charge in [-0.1, -0.05) is 0 Å². The molecule has 0 aliphatic carbocycles. The van der Waals surface area contributed by atoms with Crippen LogP contribution in [-0.4, -0.2) is 73.1 Å². The standard InChI is InChI=1S/C17H22N4O5S/c22-17(20-9-11-25-12-10-20)13-4-7-21(8-5-13)27(23,24)16-2-1-15(26-16)14-3-6-18-19-14/h1-3,6,13H,4-5,7-12H2,(H,18,19). The van der Waals surface area contributed by atoms with Crippen LogP contribution in [0, 0.1) is 5.92 Å². The molecule has 27 heavy (non-hydrogen) atoms. The molecule has 2 saturated heterocycles. The molecule has 146 valence electrons. The SMILES string of the molecule is O=C(C1CCN(S(=O)(=O)c2ccc(-c3ccn[nH]3)o2)CC1)N1CCOCC1. The van der Waals surface area contributed by atoms with E-state index in [9.17, 15) is 13.2 Å². The molecule has 0 spiro atoms. The Morgan fingerprint density at radius 2 is 1.85 bits per heavy atom. The zero-order chi connectivity index (χ0) is 18.9. The molecule has 4 rings (SSSR count). The fourth-order valence-electron chi connectivity index (χ4n) is 3.51. The second kappa shape index (κ2) is 7.45. The highest BCUT2D eigenvalue weighted by Crippen LogP contribution is 2.28. The lowest BCUT2D eigenvalue weighted by Gasteiger charge is -2.34. The molecule has 2 aliphatic rings. The van der Waals surface area contributed by atoms with E-state index in [1.54, 1.807) is 18.3 Å². The first kappa shape index (κ1) is 18.2. The van der Waals surface area contributed by atoms with E-state index in [1.165, 1.54) is 10.4 Å².